The summed E-state index contributed by atoms with van der Waals surface area (Å²) in [5.74, 6) is -1.36. The molecule has 0 unspecified atom stereocenters. The topological polar surface area (TPSA) is 110 Å². The lowest BCUT2D eigenvalue weighted by Crippen LogP contribution is -2.33. The van der Waals surface area contributed by atoms with E-state index in [1.54, 1.807) is 30.5 Å². The minimum atomic E-state index is -4.15. The van der Waals surface area contributed by atoms with E-state index in [1.807, 2.05) is 0 Å². The molecule has 0 saturated heterocycles. The van der Waals surface area contributed by atoms with Crippen LogP contribution in [-0.4, -0.2) is 30.5 Å². The van der Waals surface area contributed by atoms with E-state index in [2.05, 4.69) is 20.0 Å². The SMILES string of the molecule is NC1CCC(Nc2ncc3cc(-c4c(F)cc(NS(=O)(=O)c5ccccc5Cl)cc4F)ccc3n2)CC1. The zero-order valence-corrected chi connectivity index (χ0v) is 21.2. The van der Waals surface area contributed by atoms with Crippen LogP contribution in [0, 0.1) is 11.6 Å². The maximum absolute atomic E-state index is 15.1. The maximum Gasteiger partial charge on any atom is 0.263 e. The predicted molar refractivity (Wildman–Crippen MR) is 141 cm³/mol. The van der Waals surface area contributed by atoms with Crippen molar-refractivity contribution < 1.29 is 17.2 Å². The Balaban J connectivity index is 1.39. The van der Waals surface area contributed by atoms with Gasteiger partial charge in [0.25, 0.3) is 10.0 Å². The second-order valence-corrected chi connectivity index (χ2v) is 11.1. The zero-order chi connectivity index (χ0) is 26.2. The van der Waals surface area contributed by atoms with E-state index in [4.69, 9.17) is 17.3 Å². The van der Waals surface area contributed by atoms with Gasteiger partial charge in [0.05, 0.1) is 21.8 Å². The molecule has 0 spiro atoms. The van der Waals surface area contributed by atoms with Crippen LogP contribution in [-0.2, 0) is 10.0 Å². The summed E-state index contributed by atoms with van der Waals surface area (Å²) in [6, 6.07) is 13.0. The molecule has 37 heavy (non-hydrogen) atoms. The van der Waals surface area contributed by atoms with E-state index >= 15 is 8.78 Å². The fourth-order valence-corrected chi connectivity index (χ4v) is 6.05. The van der Waals surface area contributed by atoms with Crippen molar-refractivity contribution in [3.05, 3.63) is 77.5 Å². The van der Waals surface area contributed by atoms with Gasteiger partial charge in [-0.1, -0.05) is 29.8 Å². The Morgan fingerprint density at radius 1 is 0.973 bits per heavy atom. The monoisotopic (exact) mass is 543 g/mol. The molecule has 1 aromatic heterocycles. The first-order valence-electron chi connectivity index (χ1n) is 11.8. The van der Waals surface area contributed by atoms with Gasteiger partial charge >= 0.3 is 0 Å². The molecule has 192 valence electrons. The van der Waals surface area contributed by atoms with Crippen LogP contribution in [0.4, 0.5) is 20.4 Å². The van der Waals surface area contributed by atoms with Crippen LogP contribution in [0.1, 0.15) is 25.7 Å². The van der Waals surface area contributed by atoms with Crippen LogP contribution in [0.15, 0.2) is 65.7 Å². The van der Waals surface area contributed by atoms with Crippen molar-refractivity contribution in [1.29, 1.82) is 0 Å². The molecule has 1 aliphatic carbocycles. The Bertz CT molecular complexity index is 1550. The van der Waals surface area contributed by atoms with E-state index in [1.165, 1.54) is 18.2 Å². The molecule has 1 fully saturated rings. The summed E-state index contributed by atoms with van der Waals surface area (Å²) in [7, 11) is -4.15. The highest BCUT2D eigenvalue weighted by atomic mass is 35.5. The van der Waals surface area contributed by atoms with Crippen LogP contribution in [0.3, 0.4) is 0 Å². The number of nitrogens with one attached hydrogen (secondary N) is 2. The summed E-state index contributed by atoms with van der Waals surface area (Å²) < 4.78 is 57.6. The van der Waals surface area contributed by atoms with Crippen LogP contribution >= 0.6 is 11.6 Å². The minimum Gasteiger partial charge on any atom is -0.351 e. The number of nitrogens with zero attached hydrogens (tertiary/aromatic N) is 2. The maximum atomic E-state index is 15.1. The third-order valence-electron chi connectivity index (χ3n) is 6.39. The summed E-state index contributed by atoms with van der Waals surface area (Å²) in [5.41, 5.74) is 6.31. The molecule has 0 bridgehead atoms. The number of hydrogen-bond acceptors (Lipinski definition) is 6. The number of hydrogen-bond donors (Lipinski definition) is 3. The molecular formula is C26H24ClF2N5O2S. The van der Waals surface area contributed by atoms with Crippen molar-refractivity contribution in [2.75, 3.05) is 10.0 Å². The van der Waals surface area contributed by atoms with Crippen LogP contribution in [0.5, 0.6) is 0 Å². The van der Waals surface area contributed by atoms with Crippen molar-refractivity contribution in [1.82, 2.24) is 9.97 Å². The zero-order valence-electron chi connectivity index (χ0n) is 19.6. The van der Waals surface area contributed by atoms with Crippen molar-refractivity contribution in [3.63, 3.8) is 0 Å². The first-order chi connectivity index (χ1) is 17.7. The summed E-state index contributed by atoms with van der Waals surface area (Å²) >= 11 is 5.97. The molecule has 7 nitrogen and oxygen atoms in total. The van der Waals surface area contributed by atoms with Gasteiger partial charge in [-0.15, -0.1) is 0 Å². The quantitative estimate of drug-likeness (QED) is 0.287. The Hall–Kier alpha value is -3.34. The lowest BCUT2D eigenvalue weighted by molar-refractivity contribution is 0.410. The lowest BCUT2D eigenvalue weighted by Gasteiger charge is -2.26. The second kappa shape index (κ2) is 10.2. The molecule has 11 heteroatoms. The fraction of sp³-hybridized carbons (Fsp3) is 0.231. The number of rotatable bonds is 6. The number of anilines is 2. The van der Waals surface area contributed by atoms with Gasteiger partial charge in [-0.3, -0.25) is 4.72 Å². The lowest BCUT2D eigenvalue weighted by atomic mass is 9.92. The molecule has 1 saturated carbocycles. The van der Waals surface area contributed by atoms with E-state index in [0.29, 0.717) is 16.9 Å². The molecule has 1 aliphatic rings. The molecular weight excluding hydrogens is 520 g/mol. The predicted octanol–water partition coefficient (Wildman–Crippen LogP) is 5.71. The van der Waals surface area contributed by atoms with Gasteiger partial charge in [0.2, 0.25) is 5.95 Å². The highest BCUT2D eigenvalue weighted by Gasteiger charge is 2.21. The molecule has 0 atom stereocenters. The van der Waals surface area contributed by atoms with E-state index in [-0.39, 0.29) is 38.8 Å². The van der Waals surface area contributed by atoms with Crippen molar-refractivity contribution >= 4 is 44.2 Å². The first kappa shape index (κ1) is 25.3. The van der Waals surface area contributed by atoms with Gasteiger partial charge in [0.1, 0.15) is 16.5 Å². The molecule has 0 amide bonds. The van der Waals surface area contributed by atoms with E-state index < -0.39 is 21.7 Å². The highest BCUT2D eigenvalue weighted by molar-refractivity contribution is 7.92. The molecule has 4 aromatic rings. The van der Waals surface area contributed by atoms with Gasteiger partial charge in [-0.2, -0.15) is 0 Å². The van der Waals surface area contributed by atoms with Gasteiger partial charge in [0.15, 0.2) is 0 Å². The standard InChI is InChI=1S/C26H24ClF2N5O2S/c27-20-3-1-2-4-24(20)37(35,36)34-19-12-21(28)25(22(29)13-19)15-5-10-23-16(11-15)14-31-26(33-23)32-18-8-6-17(30)7-9-18/h1-5,10-14,17-18,34H,6-9,30H2,(H,31,32,33). The summed E-state index contributed by atoms with van der Waals surface area (Å²) in [6.07, 6.45) is 5.40. The number of halogens is 3. The van der Waals surface area contributed by atoms with Gasteiger partial charge < -0.3 is 11.1 Å². The highest BCUT2D eigenvalue weighted by Crippen LogP contribution is 2.32. The third kappa shape index (κ3) is 5.51. The summed E-state index contributed by atoms with van der Waals surface area (Å²) in [6.45, 7) is 0. The van der Waals surface area contributed by atoms with Gasteiger partial charge in [0, 0.05) is 23.7 Å². The Kier molecular flexibility index (Phi) is 6.98. The van der Waals surface area contributed by atoms with E-state index in [9.17, 15) is 8.42 Å². The largest absolute Gasteiger partial charge is 0.351 e. The number of sulfonamides is 1. The Morgan fingerprint density at radius 2 is 1.68 bits per heavy atom. The molecule has 5 rings (SSSR count). The molecule has 0 radical (unpaired) electrons. The van der Waals surface area contributed by atoms with Gasteiger partial charge in [-0.05, 0) is 67.6 Å². The summed E-state index contributed by atoms with van der Waals surface area (Å²) in [5, 5.41) is 3.94. The number of aromatic nitrogens is 2. The van der Waals surface area contributed by atoms with E-state index in [0.717, 1.165) is 37.8 Å². The second-order valence-electron chi connectivity index (χ2n) is 9.07. The number of fused-ring (bicyclic) bond motifs is 1. The minimum absolute atomic E-state index is 0.00718. The Labute approximate surface area is 218 Å². The molecule has 0 aliphatic heterocycles. The van der Waals surface area contributed by atoms with Crippen molar-refractivity contribution in [2.45, 2.75) is 42.7 Å². The van der Waals surface area contributed by atoms with Crippen LogP contribution in [0.25, 0.3) is 22.0 Å². The summed E-state index contributed by atoms with van der Waals surface area (Å²) in [4.78, 5) is 8.69. The van der Waals surface area contributed by atoms with Crippen LogP contribution in [0.2, 0.25) is 5.02 Å². The average Bonchev–Trinajstić information content (AvgIpc) is 2.85. The average molecular weight is 544 g/mol. The first-order valence-corrected chi connectivity index (χ1v) is 13.6. The smallest absolute Gasteiger partial charge is 0.263 e. The molecule has 3 aromatic carbocycles. The Morgan fingerprint density at radius 3 is 2.38 bits per heavy atom. The van der Waals surface area contributed by atoms with Gasteiger partial charge in [-0.25, -0.2) is 27.2 Å². The fourth-order valence-electron chi connectivity index (χ4n) is 4.49. The van der Waals surface area contributed by atoms with Crippen molar-refractivity contribution in [2.24, 2.45) is 5.73 Å². The normalized spacial score (nSPS) is 18.1. The number of benzene rings is 3. The molecule has 1 heterocycles. The molecule has 4 N–H and O–H groups in total. The number of nitrogens with two attached hydrogens (primary N) is 1. The van der Waals surface area contributed by atoms with Crippen molar-refractivity contribution in [3.8, 4) is 11.1 Å². The van der Waals surface area contributed by atoms with Crippen LogP contribution < -0.4 is 15.8 Å². The third-order valence-corrected chi connectivity index (χ3v) is 8.28.